The number of rotatable bonds is 8. The number of hydrogen-bond donors (Lipinski definition) is 2. The minimum absolute atomic E-state index is 0.0204. The van der Waals surface area contributed by atoms with Crippen LogP contribution >= 0.6 is 0 Å². The molecule has 0 aliphatic rings. The SMILES string of the molecule is Cc1ccc(C)c(CC(CC(=O)O)NCCN(C)C)c1. The van der Waals surface area contributed by atoms with Crippen molar-refractivity contribution in [1.29, 1.82) is 0 Å². The van der Waals surface area contributed by atoms with Crippen LogP contribution in [0.4, 0.5) is 0 Å². The van der Waals surface area contributed by atoms with Crippen LogP contribution in [-0.4, -0.2) is 49.2 Å². The van der Waals surface area contributed by atoms with Crippen molar-refractivity contribution in [3.05, 3.63) is 34.9 Å². The van der Waals surface area contributed by atoms with Crippen molar-refractivity contribution in [1.82, 2.24) is 10.2 Å². The molecule has 0 amide bonds. The molecule has 0 aliphatic heterocycles. The number of aryl methyl sites for hydroxylation is 2. The van der Waals surface area contributed by atoms with Crippen LogP contribution in [0.25, 0.3) is 0 Å². The van der Waals surface area contributed by atoms with E-state index in [1.807, 2.05) is 14.1 Å². The van der Waals surface area contributed by atoms with Crippen molar-refractivity contribution >= 4 is 5.97 Å². The van der Waals surface area contributed by atoms with Gasteiger partial charge < -0.3 is 15.3 Å². The fourth-order valence-electron chi connectivity index (χ4n) is 2.21. The van der Waals surface area contributed by atoms with Crippen LogP contribution in [0.15, 0.2) is 18.2 Å². The summed E-state index contributed by atoms with van der Waals surface area (Å²) in [4.78, 5) is 13.1. The Morgan fingerprint density at radius 3 is 2.65 bits per heavy atom. The van der Waals surface area contributed by atoms with E-state index in [4.69, 9.17) is 5.11 Å². The highest BCUT2D eigenvalue weighted by Gasteiger charge is 2.14. The monoisotopic (exact) mass is 278 g/mol. The first kappa shape index (κ1) is 16.7. The molecule has 1 unspecified atom stereocenters. The van der Waals surface area contributed by atoms with E-state index in [0.29, 0.717) is 0 Å². The van der Waals surface area contributed by atoms with Gasteiger partial charge in [-0.25, -0.2) is 0 Å². The molecule has 0 saturated carbocycles. The molecule has 4 heteroatoms. The van der Waals surface area contributed by atoms with Gasteiger partial charge in [-0.3, -0.25) is 4.79 Å². The number of carboxylic acid groups (broad SMARTS) is 1. The number of carbonyl (C=O) groups is 1. The zero-order chi connectivity index (χ0) is 15.1. The molecule has 0 radical (unpaired) electrons. The zero-order valence-electron chi connectivity index (χ0n) is 12.9. The molecule has 0 bridgehead atoms. The number of carboxylic acids is 1. The molecule has 2 N–H and O–H groups in total. The maximum absolute atomic E-state index is 11.0. The van der Waals surface area contributed by atoms with E-state index in [2.05, 4.69) is 42.3 Å². The second kappa shape index (κ2) is 8.02. The molecule has 1 rings (SSSR count). The van der Waals surface area contributed by atoms with Crippen LogP contribution in [-0.2, 0) is 11.2 Å². The molecule has 20 heavy (non-hydrogen) atoms. The van der Waals surface area contributed by atoms with E-state index in [0.717, 1.165) is 19.5 Å². The molecule has 0 aromatic heterocycles. The number of aliphatic carboxylic acids is 1. The van der Waals surface area contributed by atoms with Crippen LogP contribution in [0, 0.1) is 13.8 Å². The highest BCUT2D eigenvalue weighted by atomic mass is 16.4. The van der Waals surface area contributed by atoms with E-state index in [9.17, 15) is 4.79 Å². The second-order valence-electron chi connectivity index (χ2n) is 5.69. The van der Waals surface area contributed by atoms with Gasteiger partial charge in [0.15, 0.2) is 0 Å². The first-order chi connectivity index (χ1) is 9.38. The first-order valence-electron chi connectivity index (χ1n) is 7.04. The van der Waals surface area contributed by atoms with Crippen molar-refractivity contribution in [2.24, 2.45) is 0 Å². The highest BCUT2D eigenvalue weighted by Crippen LogP contribution is 2.14. The van der Waals surface area contributed by atoms with E-state index >= 15 is 0 Å². The molecule has 0 fully saturated rings. The van der Waals surface area contributed by atoms with Gasteiger partial charge in [-0.15, -0.1) is 0 Å². The normalized spacial score (nSPS) is 12.7. The summed E-state index contributed by atoms with van der Waals surface area (Å²) in [6.45, 7) is 5.85. The van der Waals surface area contributed by atoms with E-state index in [1.54, 1.807) is 0 Å². The van der Waals surface area contributed by atoms with Crippen LogP contribution in [0.1, 0.15) is 23.1 Å². The lowest BCUT2D eigenvalue weighted by Gasteiger charge is -2.20. The van der Waals surface area contributed by atoms with Crippen molar-refractivity contribution < 1.29 is 9.90 Å². The van der Waals surface area contributed by atoms with Gasteiger partial charge in [-0.2, -0.15) is 0 Å². The Kier molecular flexibility index (Phi) is 6.68. The first-order valence-corrected chi connectivity index (χ1v) is 7.04. The van der Waals surface area contributed by atoms with E-state index in [-0.39, 0.29) is 12.5 Å². The van der Waals surface area contributed by atoms with E-state index < -0.39 is 5.97 Å². The maximum atomic E-state index is 11.0. The minimum atomic E-state index is -0.752. The van der Waals surface area contributed by atoms with Gasteiger partial charge in [0.2, 0.25) is 0 Å². The Bertz CT molecular complexity index is 444. The standard InChI is InChI=1S/C16H26N2O2/c1-12-5-6-13(2)14(9-12)10-15(11-16(19)20)17-7-8-18(3)4/h5-6,9,15,17H,7-8,10-11H2,1-4H3,(H,19,20). The predicted octanol–water partition coefficient (Wildman–Crippen LogP) is 1.84. The van der Waals surface area contributed by atoms with Crippen molar-refractivity contribution in [2.45, 2.75) is 32.7 Å². The molecule has 0 aliphatic carbocycles. The van der Waals surface area contributed by atoms with Crippen LogP contribution in [0.5, 0.6) is 0 Å². The number of hydrogen-bond acceptors (Lipinski definition) is 3. The van der Waals surface area contributed by atoms with Crippen LogP contribution in [0.3, 0.4) is 0 Å². The fraction of sp³-hybridized carbons (Fsp3) is 0.562. The van der Waals surface area contributed by atoms with Gasteiger partial charge in [0.05, 0.1) is 6.42 Å². The summed E-state index contributed by atoms with van der Waals surface area (Å²) in [5, 5.41) is 12.4. The highest BCUT2D eigenvalue weighted by molar-refractivity contribution is 5.67. The Balaban J connectivity index is 2.67. The maximum Gasteiger partial charge on any atom is 0.304 e. The quantitative estimate of drug-likeness (QED) is 0.762. The van der Waals surface area contributed by atoms with Gasteiger partial charge in [0, 0.05) is 19.1 Å². The summed E-state index contributed by atoms with van der Waals surface area (Å²) in [6, 6.07) is 6.32. The minimum Gasteiger partial charge on any atom is -0.481 e. The number of nitrogens with zero attached hydrogens (tertiary/aromatic N) is 1. The third-order valence-corrected chi connectivity index (χ3v) is 3.38. The largest absolute Gasteiger partial charge is 0.481 e. The molecular weight excluding hydrogens is 252 g/mol. The molecule has 0 saturated heterocycles. The number of nitrogens with one attached hydrogen (secondary N) is 1. The summed E-state index contributed by atoms with van der Waals surface area (Å²) in [5.41, 5.74) is 3.67. The van der Waals surface area contributed by atoms with Gasteiger partial charge >= 0.3 is 5.97 Å². The lowest BCUT2D eigenvalue weighted by atomic mass is 9.97. The predicted molar refractivity (Wildman–Crippen MR) is 82.2 cm³/mol. The Morgan fingerprint density at radius 2 is 2.05 bits per heavy atom. The van der Waals surface area contributed by atoms with Crippen molar-refractivity contribution in [2.75, 3.05) is 27.2 Å². The van der Waals surface area contributed by atoms with Gasteiger partial charge in [-0.05, 0) is 45.5 Å². The van der Waals surface area contributed by atoms with Crippen LogP contribution in [0.2, 0.25) is 0 Å². The number of benzene rings is 1. The third kappa shape index (κ3) is 6.17. The molecule has 1 aromatic rings. The van der Waals surface area contributed by atoms with Crippen molar-refractivity contribution in [3.8, 4) is 0 Å². The zero-order valence-corrected chi connectivity index (χ0v) is 12.9. The topological polar surface area (TPSA) is 52.6 Å². The summed E-state index contributed by atoms with van der Waals surface area (Å²) in [5.74, 6) is -0.752. The summed E-state index contributed by atoms with van der Waals surface area (Å²) < 4.78 is 0. The molecule has 1 aromatic carbocycles. The average Bonchev–Trinajstić information content (AvgIpc) is 2.32. The van der Waals surface area contributed by atoms with E-state index in [1.165, 1.54) is 16.7 Å². The van der Waals surface area contributed by atoms with Crippen LogP contribution < -0.4 is 5.32 Å². The molecule has 0 spiro atoms. The molecule has 112 valence electrons. The van der Waals surface area contributed by atoms with Gasteiger partial charge in [0.25, 0.3) is 0 Å². The third-order valence-electron chi connectivity index (χ3n) is 3.38. The van der Waals surface area contributed by atoms with Crippen molar-refractivity contribution in [3.63, 3.8) is 0 Å². The molecular formula is C16H26N2O2. The van der Waals surface area contributed by atoms with Gasteiger partial charge in [-0.1, -0.05) is 23.8 Å². The smallest absolute Gasteiger partial charge is 0.304 e. The molecule has 1 atom stereocenters. The van der Waals surface area contributed by atoms with Gasteiger partial charge in [0.1, 0.15) is 0 Å². The Labute approximate surface area is 121 Å². The second-order valence-corrected chi connectivity index (χ2v) is 5.69. The average molecular weight is 278 g/mol. The molecule has 0 heterocycles. The summed E-state index contributed by atoms with van der Waals surface area (Å²) >= 11 is 0. The number of likely N-dealkylation sites (N-methyl/N-ethyl adjacent to an activating group) is 1. The molecule has 4 nitrogen and oxygen atoms in total. The fourth-order valence-corrected chi connectivity index (χ4v) is 2.21. The Hall–Kier alpha value is -1.39. The lowest BCUT2D eigenvalue weighted by Crippen LogP contribution is -2.37. The summed E-state index contributed by atoms with van der Waals surface area (Å²) in [7, 11) is 4.02. The summed E-state index contributed by atoms with van der Waals surface area (Å²) in [6.07, 6.45) is 0.911. The Morgan fingerprint density at radius 1 is 1.35 bits per heavy atom. The lowest BCUT2D eigenvalue weighted by molar-refractivity contribution is -0.137.